The van der Waals surface area contributed by atoms with Crippen LogP contribution >= 0.6 is 0 Å². The molecule has 1 atom stereocenters. The van der Waals surface area contributed by atoms with Crippen LogP contribution in [0.5, 0.6) is 0 Å². The van der Waals surface area contributed by atoms with E-state index in [1.807, 2.05) is 0 Å². The lowest BCUT2D eigenvalue weighted by molar-refractivity contribution is 0.00301. The molecule has 0 aliphatic heterocycles. The first-order chi connectivity index (χ1) is 9.52. The molecule has 3 heteroatoms. The lowest BCUT2D eigenvalue weighted by Crippen LogP contribution is -2.43. The Morgan fingerprint density at radius 3 is 2.50 bits per heavy atom. The van der Waals surface area contributed by atoms with Gasteiger partial charge in [0.05, 0.1) is 5.60 Å². The van der Waals surface area contributed by atoms with E-state index in [0.29, 0.717) is 6.54 Å². The van der Waals surface area contributed by atoms with Gasteiger partial charge in [0.1, 0.15) is 0 Å². The Balaban J connectivity index is 1.99. The van der Waals surface area contributed by atoms with E-state index in [-0.39, 0.29) is 6.04 Å². The smallest absolute Gasteiger partial charge is 0.0771 e. The molecule has 1 fully saturated rings. The predicted molar refractivity (Wildman–Crippen MR) is 85.2 cm³/mol. The number of benzene rings is 1. The van der Waals surface area contributed by atoms with Crippen molar-refractivity contribution in [2.45, 2.75) is 50.7 Å². The normalized spacial score (nSPS) is 19.6. The fourth-order valence-corrected chi connectivity index (χ4v) is 3.10. The summed E-state index contributed by atoms with van der Waals surface area (Å²) in [6.07, 6.45) is 5.44. The fraction of sp³-hybridized carbons (Fsp3) is 0.647. The predicted octanol–water partition coefficient (Wildman–Crippen LogP) is 3.10. The highest BCUT2D eigenvalue weighted by molar-refractivity contribution is 5.53. The molecule has 0 radical (unpaired) electrons. The van der Waals surface area contributed by atoms with Crippen LogP contribution in [-0.2, 0) is 0 Å². The number of anilines is 1. The van der Waals surface area contributed by atoms with Gasteiger partial charge in [0.2, 0.25) is 0 Å². The zero-order valence-corrected chi connectivity index (χ0v) is 13.0. The highest BCUT2D eigenvalue weighted by Gasteiger charge is 2.29. The van der Waals surface area contributed by atoms with E-state index in [9.17, 15) is 5.11 Å². The summed E-state index contributed by atoms with van der Waals surface area (Å²) in [6, 6.07) is 8.70. The molecule has 0 saturated heterocycles. The molecule has 0 spiro atoms. The van der Waals surface area contributed by atoms with E-state index in [2.05, 4.69) is 55.5 Å². The van der Waals surface area contributed by atoms with Crippen molar-refractivity contribution in [1.82, 2.24) is 5.32 Å². The monoisotopic (exact) mass is 276 g/mol. The molecule has 20 heavy (non-hydrogen) atoms. The van der Waals surface area contributed by atoms with Gasteiger partial charge in [-0.3, -0.25) is 0 Å². The lowest BCUT2D eigenvalue weighted by atomic mass is 9.84. The molecule has 112 valence electrons. The van der Waals surface area contributed by atoms with Crippen LogP contribution in [-0.4, -0.2) is 31.3 Å². The number of nitrogens with one attached hydrogen (secondary N) is 1. The van der Waals surface area contributed by atoms with Crippen molar-refractivity contribution in [2.24, 2.45) is 0 Å². The number of hydrogen-bond donors (Lipinski definition) is 2. The quantitative estimate of drug-likeness (QED) is 0.867. The van der Waals surface area contributed by atoms with Crippen LogP contribution in [0.2, 0.25) is 0 Å². The molecule has 0 bridgehead atoms. The van der Waals surface area contributed by atoms with Gasteiger partial charge in [0.25, 0.3) is 0 Å². The largest absolute Gasteiger partial charge is 0.389 e. The van der Waals surface area contributed by atoms with Crippen molar-refractivity contribution in [3.8, 4) is 0 Å². The SMILES string of the molecule is CC(NCC1(O)CCCCC1)c1ccccc1N(C)C. The van der Waals surface area contributed by atoms with Crippen LogP contribution < -0.4 is 10.2 Å². The molecule has 1 aromatic carbocycles. The number of hydrogen-bond acceptors (Lipinski definition) is 3. The Hall–Kier alpha value is -1.06. The molecule has 1 saturated carbocycles. The summed E-state index contributed by atoms with van der Waals surface area (Å²) >= 11 is 0. The third kappa shape index (κ3) is 3.74. The van der Waals surface area contributed by atoms with Gasteiger partial charge >= 0.3 is 0 Å². The second-order valence-electron chi connectivity index (χ2n) is 6.34. The molecule has 0 aromatic heterocycles. The summed E-state index contributed by atoms with van der Waals surface area (Å²) in [6.45, 7) is 2.87. The van der Waals surface area contributed by atoms with Crippen molar-refractivity contribution in [1.29, 1.82) is 0 Å². The zero-order valence-electron chi connectivity index (χ0n) is 13.0. The Morgan fingerprint density at radius 1 is 1.20 bits per heavy atom. The van der Waals surface area contributed by atoms with E-state index in [1.54, 1.807) is 0 Å². The van der Waals surface area contributed by atoms with E-state index >= 15 is 0 Å². The van der Waals surface area contributed by atoms with Crippen molar-refractivity contribution in [2.75, 3.05) is 25.5 Å². The first-order valence-electron chi connectivity index (χ1n) is 7.74. The summed E-state index contributed by atoms with van der Waals surface area (Å²) in [5, 5.41) is 14.1. The van der Waals surface area contributed by atoms with Crippen molar-refractivity contribution in [3.63, 3.8) is 0 Å². The van der Waals surface area contributed by atoms with E-state index in [1.165, 1.54) is 17.7 Å². The maximum absolute atomic E-state index is 10.6. The third-order valence-electron chi connectivity index (χ3n) is 4.41. The van der Waals surface area contributed by atoms with E-state index in [0.717, 1.165) is 25.7 Å². The van der Waals surface area contributed by atoms with E-state index in [4.69, 9.17) is 0 Å². The summed E-state index contributed by atoms with van der Waals surface area (Å²) in [4.78, 5) is 2.14. The zero-order chi connectivity index (χ0) is 14.6. The van der Waals surface area contributed by atoms with Crippen LogP contribution in [0.4, 0.5) is 5.69 Å². The van der Waals surface area contributed by atoms with Crippen LogP contribution in [0, 0.1) is 0 Å². The van der Waals surface area contributed by atoms with E-state index < -0.39 is 5.60 Å². The minimum Gasteiger partial charge on any atom is -0.389 e. The second kappa shape index (κ2) is 6.59. The van der Waals surface area contributed by atoms with Gasteiger partial charge in [-0.05, 0) is 31.4 Å². The van der Waals surface area contributed by atoms with Gasteiger partial charge in [-0.25, -0.2) is 0 Å². The summed E-state index contributed by atoms with van der Waals surface area (Å²) < 4.78 is 0. The highest BCUT2D eigenvalue weighted by Crippen LogP contribution is 2.29. The van der Waals surface area contributed by atoms with Gasteiger partial charge in [0.15, 0.2) is 0 Å². The molecular weight excluding hydrogens is 248 g/mol. The average molecular weight is 276 g/mol. The molecule has 1 aliphatic rings. The first-order valence-corrected chi connectivity index (χ1v) is 7.74. The molecule has 2 rings (SSSR count). The minimum atomic E-state index is -0.500. The standard InChI is InChI=1S/C17H28N2O/c1-14(15-9-5-6-10-16(15)19(2)3)18-13-17(20)11-7-4-8-12-17/h5-6,9-10,14,18,20H,4,7-8,11-13H2,1-3H3. The molecule has 1 aromatic rings. The highest BCUT2D eigenvalue weighted by atomic mass is 16.3. The Bertz CT molecular complexity index is 425. The molecule has 2 N–H and O–H groups in total. The number of aliphatic hydroxyl groups is 1. The lowest BCUT2D eigenvalue weighted by Gasteiger charge is -2.34. The van der Waals surface area contributed by atoms with Crippen molar-refractivity contribution >= 4 is 5.69 Å². The van der Waals surface area contributed by atoms with Crippen LogP contribution in [0.15, 0.2) is 24.3 Å². The van der Waals surface area contributed by atoms with Gasteiger partial charge in [-0.1, -0.05) is 37.5 Å². The first kappa shape index (κ1) is 15.3. The Morgan fingerprint density at radius 2 is 1.85 bits per heavy atom. The Kier molecular flexibility index (Phi) is 5.06. The number of nitrogens with zero attached hydrogens (tertiary/aromatic N) is 1. The molecule has 0 heterocycles. The Labute approximate surface area is 123 Å². The van der Waals surface area contributed by atoms with Crippen LogP contribution in [0.25, 0.3) is 0 Å². The van der Waals surface area contributed by atoms with Crippen molar-refractivity contribution < 1.29 is 5.11 Å². The van der Waals surface area contributed by atoms with Gasteiger partial charge in [0, 0.05) is 32.4 Å². The average Bonchev–Trinajstić information content (AvgIpc) is 2.45. The van der Waals surface area contributed by atoms with Crippen LogP contribution in [0.3, 0.4) is 0 Å². The third-order valence-corrected chi connectivity index (χ3v) is 4.41. The number of para-hydroxylation sites is 1. The summed E-state index contributed by atoms with van der Waals surface area (Å²) in [7, 11) is 4.14. The second-order valence-corrected chi connectivity index (χ2v) is 6.34. The molecule has 0 amide bonds. The van der Waals surface area contributed by atoms with Gasteiger partial charge < -0.3 is 15.3 Å². The van der Waals surface area contributed by atoms with Crippen molar-refractivity contribution in [3.05, 3.63) is 29.8 Å². The minimum absolute atomic E-state index is 0.250. The maximum atomic E-state index is 10.6. The molecule has 1 unspecified atom stereocenters. The van der Waals surface area contributed by atoms with Gasteiger partial charge in [-0.15, -0.1) is 0 Å². The summed E-state index contributed by atoms with van der Waals surface area (Å²) in [5.41, 5.74) is 2.03. The molecule has 3 nitrogen and oxygen atoms in total. The molecule has 1 aliphatic carbocycles. The topological polar surface area (TPSA) is 35.5 Å². The maximum Gasteiger partial charge on any atom is 0.0771 e. The molecular formula is C17H28N2O. The fourth-order valence-electron chi connectivity index (χ4n) is 3.10. The number of rotatable bonds is 5. The van der Waals surface area contributed by atoms with Gasteiger partial charge in [-0.2, -0.15) is 0 Å². The van der Waals surface area contributed by atoms with Crippen LogP contribution in [0.1, 0.15) is 50.6 Å². The summed E-state index contributed by atoms with van der Waals surface area (Å²) in [5.74, 6) is 0.